The Morgan fingerprint density at radius 2 is 1.93 bits per heavy atom. The van der Waals surface area contributed by atoms with Crippen molar-refractivity contribution in [3.63, 3.8) is 0 Å². The van der Waals surface area contributed by atoms with Crippen molar-refractivity contribution in [2.45, 2.75) is 84.3 Å². The van der Waals surface area contributed by atoms with Crippen LogP contribution in [-0.4, -0.2) is 33.5 Å². The fraction of sp³-hybridized carbons (Fsp3) is 0.875. The van der Waals surface area contributed by atoms with E-state index < -0.39 is 5.97 Å². The molecule has 28 heavy (non-hydrogen) atoms. The second-order valence-electron chi connectivity index (χ2n) is 11.0. The van der Waals surface area contributed by atoms with E-state index in [1.165, 1.54) is 0 Å². The summed E-state index contributed by atoms with van der Waals surface area (Å²) in [4.78, 5) is 11.0. The number of fused-ring (bicyclic) bond motifs is 5. The number of hydrogen-bond donors (Lipinski definition) is 3. The van der Waals surface area contributed by atoms with Crippen LogP contribution < -0.4 is 0 Å². The van der Waals surface area contributed by atoms with Gasteiger partial charge in [-0.25, -0.2) is 0 Å². The molecule has 10 atom stereocenters. The van der Waals surface area contributed by atoms with Crippen molar-refractivity contribution in [2.75, 3.05) is 0 Å². The van der Waals surface area contributed by atoms with Gasteiger partial charge >= 0.3 is 5.97 Å². The standard InChI is InChI=1S/C24H38O4/c1-14(4-7-21(27)28)17-5-6-18-22-19(9-11-24(17,18)3)23(2)10-8-16(25)12-15(23)13-20(22)26/h9,11,14-20,22,25-26H,4-8,10,12-13H2,1-3H3,(H,27,28)/t14-,15?,16?,17-,18+,19+,20?,22+,23+,24-/m1/s1. The van der Waals surface area contributed by atoms with Gasteiger partial charge in [0.05, 0.1) is 12.2 Å². The summed E-state index contributed by atoms with van der Waals surface area (Å²) >= 11 is 0. The maximum atomic E-state index is 11.2. The maximum absolute atomic E-state index is 11.2. The van der Waals surface area contributed by atoms with Crippen LogP contribution >= 0.6 is 0 Å². The quantitative estimate of drug-likeness (QED) is 0.627. The van der Waals surface area contributed by atoms with Crippen LogP contribution in [0.25, 0.3) is 0 Å². The van der Waals surface area contributed by atoms with Crippen molar-refractivity contribution in [2.24, 2.45) is 46.3 Å². The number of carbonyl (C=O) groups is 1. The summed E-state index contributed by atoms with van der Waals surface area (Å²) in [6.45, 7) is 6.99. The third-order valence-electron chi connectivity index (χ3n) is 9.67. The molecule has 0 aliphatic heterocycles. The van der Waals surface area contributed by atoms with Crippen LogP contribution in [0.5, 0.6) is 0 Å². The lowest BCUT2D eigenvalue weighted by Gasteiger charge is -2.60. The number of aliphatic hydroxyl groups excluding tert-OH is 2. The number of hydrogen-bond acceptors (Lipinski definition) is 3. The normalized spacial score (nSPS) is 51.1. The Morgan fingerprint density at radius 3 is 2.64 bits per heavy atom. The molecule has 0 amide bonds. The fourth-order valence-electron chi connectivity index (χ4n) is 8.07. The van der Waals surface area contributed by atoms with Crippen LogP contribution in [0, 0.1) is 46.3 Å². The molecule has 0 aromatic rings. The summed E-state index contributed by atoms with van der Waals surface area (Å²) in [6.07, 6.45) is 11.3. The van der Waals surface area contributed by atoms with E-state index in [9.17, 15) is 15.0 Å². The molecule has 0 spiro atoms. The van der Waals surface area contributed by atoms with Gasteiger partial charge in [-0.1, -0.05) is 32.9 Å². The Kier molecular flexibility index (Phi) is 5.19. The third-order valence-corrected chi connectivity index (χ3v) is 9.67. The Labute approximate surface area is 169 Å². The van der Waals surface area contributed by atoms with Crippen LogP contribution in [0.1, 0.15) is 72.1 Å². The van der Waals surface area contributed by atoms with Crippen LogP contribution in [0.4, 0.5) is 0 Å². The molecule has 4 aliphatic carbocycles. The first-order valence-electron chi connectivity index (χ1n) is 11.4. The van der Waals surface area contributed by atoms with Crippen LogP contribution in [0.15, 0.2) is 12.2 Å². The lowest BCUT2D eigenvalue weighted by molar-refractivity contribution is -0.138. The van der Waals surface area contributed by atoms with Gasteiger partial charge in [0, 0.05) is 6.42 Å². The van der Waals surface area contributed by atoms with Crippen molar-refractivity contribution in [3.8, 4) is 0 Å². The number of carboxylic acids is 1. The van der Waals surface area contributed by atoms with Crippen LogP contribution in [-0.2, 0) is 4.79 Å². The number of aliphatic carboxylic acids is 1. The van der Waals surface area contributed by atoms with Gasteiger partial charge in [-0.2, -0.15) is 0 Å². The predicted octanol–water partition coefficient (Wildman–Crippen LogP) is 4.25. The monoisotopic (exact) mass is 390 g/mol. The molecular formula is C24H38O4. The zero-order chi connectivity index (χ0) is 20.3. The summed E-state index contributed by atoms with van der Waals surface area (Å²) in [6, 6.07) is 0. The molecule has 4 rings (SSSR count). The molecular weight excluding hydrogens is 352 g/mol. The van der Waals surface area contributed by atoms with E-state index in [1.54, 1.807) is 0 Å². The van der Waals surface area contributed by atoms with E-state index >= 15 is 0 Å². The maximum Gasteiger partial charge on any atom is 0.303 e. The second-order valence-corrected chi connectivity index (χ2v) is 11.0. The van der Waals surface area contributed by atoms with E-state index in [0.29, 0.717) is 35.5 Å². The molecule has 0 saturated heterocycles. The highest BCUT2D eigenvalue weighted by atomic mass is 16.4. The van der Waals surface area contributed by atoms with E-state index in [4.69, 9.17) is 5.11 Å². The average molecular weight is 391 g/mol. The van der Waals surface area contributed by atoms with Gasteiger partial charge in [-0.05, 0) is 91.3 Å². The van der Waals surface area contributed by atoms with Crippen molar-refractivity contribution in [3.05, 3.63) is 12.2 Å². The fourth-order valence-corrected chi connectivity index (χ4v) is 8.07. The zero-order valence-corrected chi connectivity index (χ0v) is 17.7. The van der Waals surface area contributed by atoms with Crippen molar-refractivity contribution in [1.82, 2.24) is 0 Å². The lowest BCUT2D eigenvalue weighted by atomic mass is 9.46. The molecule has 4 nitrogen and oxygen atoms in total. The minimum absolute atomic E-state index is 0.0669. The Balaban J connectivity index is 1.61. The van der Waals surface area contributed by atoms with Crippen molar-refractivity contribution < 1.29 is 20.1 Å². The van der Waals surface area contributed by atoms with Gasteiger partial charge in [-0.15, -0.1) is 0 Å². The van der Waals surface area contributed by atoms with Gasteiger partial charge < -0.3 is 15.3 Å². The molecule has 3 unspecified atom stereocenters. The highest BCUT2D eigenvalue weighted by Crippen LogP contribution is 2.66. The Hall–Kier alpha value is -0.870. The molecule has 0 aromatic heterocycles. The summed E-state index contributed by atoms with van der Waals surface area (Å²) in [5, 5.41) is 30.5. The second kappa shape index (κ2) is 7.12. The molecule has 4 heteroatoms. The average Bonchev–Trinajstić information content (AvgIpc) is 2.98. The molecule has 3 fully saturated rings. The minimum Gasteiger partial charge on any atom is -0.481 e. The third kappa shape index (κ3) is 3.06. The van der Waals surface area contributed by atoms with Gasteiger partial charge in [0.25, 0.3) is 0 Å². The van der Waals surface area contributed by atoms with Gasteiger partial charge in [0.15, 0.2) is 0 Å². The summed E-state index contributed by atoms with van der Waals surface area (Å²) in [5.74, 6) is 1.80. The summed E-state index contributed by atoms with van der Waals surface area (Å²) in [5.41, 5.74) is 0.255. The largest absolute Gasteiger partial charge is 0.481 e. The van der Waals surface area contributed by atoms with E-state index in [2.05, 4.69) is 32.9 Å². The summed E-state index contributed by atoms with van der Waals surface area (Å²) in [7, 11) is 0. The Bertz CT molecular complexity index is 645. The number of allylic oxidation sites excluding steroid dienone is 2. The van der Waals surface area contributed by atoms with Crippen LogP contribution in [0.2, 0.25) is 0 Å². The molecule has 4 aliphatic rings. The first kappa shape index (κ1) is 20.4. The molecule has 3 N–H and O–H groups in total. The zero-order valence-electron chi connectivity index (χ0n) is 17.7. The number of aliphatic hydroxyl groups is 2. The topological polar surface area (TPSA) is 77.8 Å². The number of rotatable bonds is 4. The smallest absolute Gasteiger partial charge is 0.303 e. The lowest BCUT2D eigenvalue weighted by Crippen LogP contribution is -2.57. The molecule has 0 heterocycles. The van der Waals surface area contributed by atoms with Gasteiger partial charge in [-0.3, -0.25) is 4.79 Å². The molecule has 0 bridgehead atoms. The van der Waals surface area contributed by atoms with E-state index in [-0.39, 0.29) is 29.5 Å². The first-order chi connectivity index (χ1) is 13.2. The molecule has 3 saturated carbocycles. The van der Waals surface area contributed by atoms with E-state index in [0.717, 1.165) is 44.9 Å². The molecule has 158 valence electrons. The SMILES string of the molecule is C[C@H](CCC(=O)O)[C@H]1CC[C@H]2[C@@H]3C(O)CC4CC(O)CC[C@]4(C)[C@H]3C=C[C@]12C. The minimum atomic E-state index is -0.702. The predicted molar refractivity (Wildman–Crippen MR) is 109 cm³/mol. The first-order valence-corrected chi connectivity index (χ1v) is 11.4. The Morgan fingerprint density at radius 1 is 1.18 bits per heavy atom. The van der Waals surface area contributed by atoms with Gasteiger partial charge in [0.1, 0.15) is 0 Å². The number of carboxylic acid groups (broad SMARTS) is 1. The van der Waals surface area contributed by atoms with Crippen LogP contribution in [0.3, 0.4) is 0 Å². The van der Waals surface area contributed by atoms with Gasteiger partial charge in [0.2, 0.25) is 0 Å². The van der Waals surface area contributed by atoms with E-state index in [1.807, 2.05) is 0 Å². The molecule has 0 radical (unpaired) electrons. The highest BCUT2D eigenvalue weighted by molar-refractivity contribution is 5.66. The summed E-state index contributed by atoms with van der Waals surface area (Å²) < 4.78 is 0. The van der Waals surface area contributed by atoms with Crippen molar-refractivity contribution in [1.29, 1.82) is 0 Å². The highest BCUT2D eigenvalue weighted by Gasteiger charge is 2.61. The molecule has 0 aromatic carbocycles. The van der Waals surface area contributed by atoms with Crippen molar-refractivity contribution >= 4 is 5.97 Å².